The second-order valence-corrected chi connectivity index (χ2v) is 13.9. The fourth-order valence-electron chi connectivity index (χ4n) is 8.62. The largest absolute Gasteiger partial charge is 0.460 e. The summed E-state index contributed by atoms with van der Waals surface area (Å²) in [6.45, 7) is 1.50. The number of carbonyl (C=O) groups excluding carboxylic acids is 4. The number of Topliss-reactive ketones (excluding diaryl/α,β-unsaturated/α-hetero) is 1. The van der Waals surface area contributed by atoms with Crippen LogP contribution in [0.4, 0.5) is 4.39 Å². The van der Waals surface area contributed by atoms with Gasteiger partial charge in [0, 0.05) is 16.7 Å². The Morgan fingerprint density at radius 1 is 1.12 bits per heavy atom. The van der Waals surface area contributed by atoms with Crippen molar-refractivity contribution >= 4 is 23.5 Å². The molecule has 0 aromatic heterocycles. The van der Waals surface area contributed by atoms with Gasteiger partial charge in [0.25, 0.3) is 5.09 Å². The van der Waals surface area contributed by atoms with Crippen LogP contribution < -0.4 is 5.73 Å². The number of ketones is 2. The molecule has 3 saturated carbocycles. The first-order valence-electron chi connectivity index (χ1n) is 16.2. The number of fused-ring (bicyclic) bond motifs is 5. The van der Waals surface area contributed by atoms with Crippen molar-refractivity contribution in [3.63, 3.8) is 0 Å². The number of alkyl halides is 1. The molecule has 3 fully saturated rings. The van der Waals surface area contributed by atoms with Crippen LogP contribution in [0, 0.1) is 32.8 Å². The Morgan fingerprint density at radius 3 is 2.49 bits per heavy atom. The zero-order valence-corrected chi connectivity index (χ0v) is 27.2. The predicted octanol–water partition coefficient (Wildman–Crippen LogP) is 1.50. The van der Waals surface area contributed by atoms with Crippen LogP contribution in [0.5, 0.6) is 0 Å². The summed E-state index contributed by atoms with van der Waals surface area (Å²) in [5.74, 6) is -4.82. The number of nitrogens with two attached hydrogens (primary N) is 1. The number of aryl methyl sites for hydroxylation is 1. The number of nitrogens with zero attached hydrogens (tertiary/aromatic N) is 1. The van der Waals surface area contributed by atoms with E-state index in [9.17, 15) is 44.6 Å². The molecule has 0 amide bonds. The molecule has 9 atom stereocenters. The molecule has 0 bridgehead atoms. The summed E-state index contributed by atoms with van der Waals surface area (Å²) >= 11 is 0. The second-order valence-electron chi connectivity index (χ2n) is 13.9. The molecule has 4 aliphatic rings. The van der Waals surface area contributed by atoms with E-state index < -0.39 is 88.2 Å². The first-order chi connectivity index (χ1) is 23.0. The van der Waals surface area contributed by atoms with Crippen molar-refractivity contribution in [2.45, 2.75) is 81.9 Å². The molecule has 5 N–H and O–H groups in total. The minimum atomic E-state index is -2.49. The molecule has 49 heavy (non-hydrogen) atoms. The third kappa shape index (κ3) is 6.06. The van der Waals surface area contributed by atoms with Crippen LogP contribution in [0.25, 0.3) is 0 Å². The van der Waals surface area contributed by atoms with Crippen molar-refractivity contribution in [1.82, 2.24) is 0 Å². The van der Waals surface area contributed by atoms with Gasteiger partial charge in [-0.25, -0.2) is 9.18 Å². The number of aliphatic hydroxyl groups is 3. The van der Waals surface area contributed by atoms with Crippen LogP contribution in [0.3, 0.4) is 0 Å². The molecule has 4 aliphatic carbocycles. The van der Waals surface area contributed by atoms with Gasteiger partial charge < -0.3 is 35.4 Å². The number of hydrogen-bond acceptors (Lipinski definition) is 13. The standard InChI is InChI=1S/C34H41FN2O12/c1-31-12-11-22(38)14-21(31)9-10-23-24-15-26(39)34(44,32(24,2)16-27(40)33(23,31)35)28(41)18-48-30(43)25(36)17-47-29(42)20-7-5-19(6-8-20)4-3-13-49-37(45)46/h5-8,11-12,14,23-27,39-40,44H,3-4,9-10,13,15-18,36H2,1-2H3/t23-,24-,25?,26+,27-,31-,32-,33-,34-/m0/s1. The topological polar surface area (TPSA) is 226 Å². The summed E-state index contributed by atoms with van der Waals surface area (Å²) < 4.78 is 27.5. The molecule has 1 aromatic rings. The van der Waals surface area contributed by atoms with Crippen LogP contribution in [0.2, 0.25) is 0 Å². The minimum absolute atomic E-state index is 0.0689. The highest BCUT2D eigenvalue weighted by Crippen LogP contribution is 2.69. The van der Waals surface area contributed by atoms with Gasteiger partial charge in [-0.2, -0.15) is 0 Å². The Labute approximate surface area is 281 Å². The van der Waals surface area contributed by atoms with E-state index in [0.717, 1.165) is 5.56 Å². The van der Waals surface area contributed by atoms with E-state index in [4.69, 9.17) is 15.2 Å². The normalized spacial score (nSPS) is 35.2. The molecule has 14 nitrogen and oxygen atoms in total. The second kappa shape index (κ2) is 13.3. The number of benzene rings is 1. The van der Waals surface area contributed by atoms with Crippen LogP contribution in [0.1, 0.15) is 61.9 Å². The number of esters is 2. The first kappa shape index (κ1) is 36.2. The van der Waals surface area contributed by atoms with Crippen molar-refractivity contribution in [2.75, 3.05) is 19.8 Å². The Bertz CT molecular complexity index is 1580. The molecular weight excluding hydrogens is 647 g/mol. The highest BCUT2D eigenvalue weighted by atomic mass is 19.1. The summed E-state index contributed by atoms with van der Waals surface area (Å²) in [5.41, 5.74) is -0.162. The van der Waals surface area contributed by atoms with Gasteiger partial charge in [-0.3, -0.25) is 14.4 Å². The van der Waals surface area contributed by atoms with Crippen LogP contribution in [-0.4, -0.2) is 93.3 Å². The summed E-state index contributed by atoms with van der Waals surface area (Å²) in [6.07, 6.45) is 1.77. The van der Waals surface area contributed by atoms with E-state index in [2.05, 4.69) is 4.84 Å². The van der Waals surface area contributed by atoms with E-state index in [0.29, 0.717) is 24.8 Å². The Hall–Kier alpha value is -4.05. The van der Waals surface area contributed by atoms with Crippen LogP contribution in [0.15, 0.2) is 48.1 Å². The zero-order valence-electron chi connectivity index (χ0n) is 27.2. The van der Waals surface area contributed by atoms with Gasteiger partial charge in [0.15, 0.2) is 23.7 Å². The lowest BCUT2D eigenvalue weighted by Crippen LogP contribution is -2.69. The fourth-order valence-corrected chi connectivity index (χ4v) is 8.62. The summed E-state index contributed by atoms with van der Waals surface area (Å²) in [6, 6.07) is 4.72. The molecule has 1 unspecified atom stereocenters. The quantitative estimate of drug-likeness (QED) is 0.106. The zero-order chi connectivity index (χ0) is 35.9. The van der Waals surface area contributed by atoms with Crippen LogP contribution in [-0.2, 0) is 35.1 Å². The summed E-state index contributed by atoms with van der Waals surface area (Å²) in [7, 11) is 0. The maximum absolute atomic E-state index is 17.3. The van der Waals surface area contributed by atoms with Gasteiger partial charge in [0.05, 0.1) is 24.4 Å². The van der Waals surface area contributed by atoms with Gasteiger partial charge in [0.1, 0.15) is 12.6 Å². The number of rotatable bonds is 12. The number of ether oxygens (including phenoxy) is 2. The number of allylic oxidation sites excluding steroid dienone is 4. The van der Waals surface area contributed by atoms with E-state index in [-0.39, 0.29) is 37.2 Å². The van der Waals surface area contributed by atoms with E-state index in [1.54, 1.807) is 19.1 Å². The predicted molar refractivity (Wildman–Crippen MR) is 167 cm³/mol. The monoisotopic (exact) mass is 688 g/mol. The average Bonchev–Trinajstić information content (AvgIpc) is 3.26. The Morgan fingerprint density at radius 2 is 1.82 bits per heavy atom. The Kier molecular flexibility index (Phi) is 9.87. The average molecular weight is 689 g/mol. The third-order valence-corrected chi connectivity index (χ3v) is 11.3. The van der Waals surface area contributed by atoms with Gasteiger partial charge >= 0.3 is 11.9 Å². The lowest BCUT2D eigenvalue weighted by atomic mass is 9.44. The number of halogens is 1. The highest BCUT2D eigenvalue weighted by Gasteiger charge is 2.76. The molecule has 266 valence electrons. The molecule has 0 saturated heterocycles. The number of carbonyl (C=O) groups is 4. The van der Waals surface area contributed by atoms with Gasteiger partial charge in [0.2, 0.25) is 5.78 Å². The maximum Gasteiger partial charge on any atom is 0.338 e. The molecule has 0 heterocycles. The lowest BCUT2D eigenvalue weighted by Gasteiger charge is -2.62. The van der Waals surface area contributed by atoms with E-state index in [1.807, 2.05) is 0 Å². The molecule has 0 radical (unpaired) electrons. The Balaban J connectivity index is 1.18. The van der Waals surface area contributed by atoms with E-state index >= 15 is 4.39 Å². The van der Waals surface area contributed by atoms with Crippen molar-refractivity contribution in [3.8, 4) is 0 Å². The SMILES string of the molecule is C[C@]12C=CC(=O)C=C1CC[C@H]1[C@@H]3C[C@@H](O)[C@](O)(C(=O)COC(=O)C(N)COC(=O)c4ccc(CCCO[N+](=O)[O-])cc4)[C@@]3(C)C[C@H](O)[C@@]12F. The number of hydrogen-bond donors (Lipinski definition) is 4. The molecule has 0 spiro atoms. The summed E-state index contributed by atoms with van der Waals surface area (Å²) in [5, 5.41) is 43.7. The number of aliphatic hydroxyl groups excluding tert-OH is 2. The lowest BCUT2D eigenvalue weighted by molar-refractivity contribution is -0.757. The molecule has 5 rings (SSSR count). The maximum atomic E-state index is 17.3. The van der Waals surface area contributed by atoms with Crippen LogP contribution >= 0.6 is 0 Å². The van der Waals surface area contributed by atoms with Crippen molar-refractivity contribution < 1.29 is 58.3 Å². The van der Waals surface area contributed by atoms with Gasteiger partial charge in [-0.1, -0.05) is 30.7 Å². The molecule has 15 heteroatoms. The van der Waals surface area contributed by atoms with Crippen molar-refractivity contribution in [1.29, 1.82) is 0 Å². The van der Waals surface area contributed by atoms with Gasteiger partial charge in [-0.15, -0.1) is 10.1 Å². The van der Waals surface area contributed by atoms with Crippen molar-refractivity contribution in [3.05, 3.63) is 69.3 Å². The van der Waals surface area contributed by atoms with Crippen molar-refractivity contribution in [2.24, 2.45) is 28.4 Å². The summed E-state index contributed by atoms with van der Waals surface area (Å²) in [4.78, 5) is 65.2. The highest BCUT2D eigenvalue weighted by molar-refractivity contribution is 6.01. The smallest absolute Gasteiger partial charge is 0.338 e. The molecule has 0 aliphatic heterocycles. The third-order valence-electron chi connectivity index (χ3n) is 11.3. The fraction of sp³-hybridized carbons (Fsp3) is 0.588. The first-order valence-corrected chi connectivity index (χ1v) is 16.2. The van der Waals surface area contributed by atoms with Gasteiger partial charge in [-0.05, 0) is 81.2 Å². The van der Waals surface area contributed by atoms with E-state index in [1.165, 1.54) is 37.3 Å². The molecular formula is C34H41FN2O12. The molecule has 1 aromatic carbocycles. The minimum Gasteiger partial charge on any atom is -0.460 e.